The number of benzene rings is 10. The average molecular weight is 843 g/mol. The van der Waals surface area contributed by atoms with Gasteiger partial charge in [0.25, 0.3) is 0 Å². The summed E-state index contributed by atoms with van der Waals surface area (Å²) in [5.41, 5.74) is 14.4. The molecule has 0 atom stereocenters. The smallest absolute Gasteiger partial charge is 0.164 e. The molecule has 10 aromatic carbocycles. The van der Waals surface area contributed by atoms with Gasteiger partial charge in [0.1, 0.15) is 11.2 Å². The molecule has 0 amide bonds. The molecule has 5 nitrogen and oxygen atoms in total. The molecule has 0 aliphatic rings. The standard InChI is InChI=1S/C61H38N4O/c1-3-15-39(16-4-1)40-29-31-41(32-30-40)43-21-13-22-46(35-43)60-62-59(42-17-5-2-6-18-42)63-61(64-60)47-33-34-54(52(37-47)49-25-14-28-57-58(49)50-24-10-12-27-56(50)66-57)65-53-26-11-9-23-48(53)51-36-44-19-7-8-20-45(44)38-55(51)65/h1-38H. The number of para-hydroxylation sites is 2. The summed E-state index contributed by atoms with van der Waals surface area (Å²) in [6.45, 7) is 0. The number of hydrogen-bond donors (Lipinski definition) is 0. The lowest BCUT2D eigenvalue weighted by Gasteiger charge is -2.17. The lowest BCUT2D eigenvalue weighted by Crippen LogP contribution is -2.02. The number of aromatic nitrogens is 4. The average Bonchev–Trinajstić information content (AvgIpc) is 3.94. The van der Waals surface area contributed by atoms with Crippen LogP contribution in [0.1, 0.15) is 0 Å². The first kappa shape index (κ1) is 37.6. The largest absolute Gasteiger partial charge is 0.456 e. The van der Waals surface area contributed by atoms with E-state index < -0.39 is 0 Å². The van der Waals surface area contributed by atoms with Crippen LogP contribution < -0.4 is 0 Å². The highest BCUT2D eigenvalue weighted by Gasteiger charge is 2.22. The van der Waals surface area contributed by atoms with E-state index in [9.17, 15) is 0 Å². The Balaban J connectivity index is 1.03. The predicted molar refractivity (Wildman–Crippen MR) is 272 cm³/mol. The topological polar surface area (TPSA) is 56.7 Å². The number of rotatable bonds is 7. The van der Waals surface area contributed by atoms with E-state index in [1.54, 1.807) is 0 Å². The predicted octanol–water partition coefficient (Wildman–Crippen LogP) is 16.0. The third-order valence-corrected chi connectivity index (χ3v) is 12.8. The van der Waals surface area contributed by atoms with Gasteiger partial charge in [-0.2, -0.15) is 0 Å². The fourth-order valence-electron chi connectivity index (χ4n) is 9.67. The van der Waals surface area contributed by atoms with Crippen molar-refractivity contribution < 1.29 is 4.42 Å². The van der Waals surface area contributed by atoms with Gasteiger partial charge in [0.15, 0.2) is 17.5 Å². The second-order valence-corrected chi connectivity index (χ2v) is 16.8. The zero-order chi connectivity index (χ0) is 43.6. The van der Waals surface area contributed by atoms with Crippen molar-refractivity contribution in [3.63, 3.8) is 0 Å². The molecule has 3 heterocycles. The summed E-state index contributed by atoms with van der Waals surface area (Å²) in [5.74, 6) is 1.79. The van der Waals surface area contributed by atoms with Crippen molar-refractivity contribution >= 4 is 54.5 Å². The lowest BCUT2D eigenvalue weighted by atomic mass is 9.95. The normalized spacial score (nSPS) is 11.6. The maximum absolute atomic E-state index is 6.51. The summed E-state index contributed by atoms with van der Waals surface area (Å²) in [6, 6.07) is 81.1. The molecule has 13 aromatic rings. The monoisotopic (exact) mass is 842 g/mol. The maximum Gasteiger partial charge on any atom is 0.164 e. The summed E-state index contributed by atoms with van der Waals surface area (Å²) < 4.78 is 8.93. The van der Waals surface area contributed by atoms with E-state index in [2.05, 4.69) is 199 Å². The SMILES string of the molecule is c1ccc(-c2ccc(-c3cccc(-c4nc(-c5ccccc5)nc(-c5ccc(-n6c7ccccc7c7cc8ccccc8cc76)c(-c6cccc7oc8ccccc8c67)c5)n4)c3)cc2)cc1. The van der Waals surface area contributed by atoms with Crippen LogP contribution in [0.2, 0.25) is 0 Å². The summed E-state index contributed by atoms with van der Waals surface area (Å²) >= 11 is 0. The molecule has 0 aliphatic heterocycles. The first-order valence-electron chi connectivity index (χ1n) is 22.3. The summed E-state index contributed by atoms with van der Waals surface area (Å²) in [4.78, 5) is 15.7. The van der Waals surface area contributed by atoms with Crippen molar-refractivity contribution in [1.29, 1.82) is 0 Å². The van der Waals surface area contributed by atoms with Crippen LogP contribution in [-0.4, -0.2) is 19.5 Å². The molecule has 0 radical (unpaired) electrons. The van der Waals surface area contributed by atoms with E-state index in [-0.39, 0.29) is 0 Å². The van der Waals surface area contributed by atoms with Gasteiger partial charge in [-0.05, 0) is 93.2 Å². The molecule has 5 heteroatoms. The van der Waals surface area contributed by atoms with Crippen LogP contribution in [0.15, 0.2) is 235 Å². The Kier molecular flexibility index (Phi) is 8.78. The molecule has 0 spiro atoms. The third kappa shape index (κ3) is 6.36. The summed E-state index contributed by atoms with van der Waals surface area (Å²) in [6.07, 6.45) is 0. The van der Waals surface area contributed by atoms with Gasteiger partial charge in [0.2, 0.25) is 0 Å². The van der Waals surface area contributed by atoms with Crippen molar-refractivity contribution in [2.24, 2.45) is 0 Å². The molecule has 0 aliphatic carbocycles. The molecule has 0 N–H and O–H groups in total. The van der Waals surface area contributed by atoms with Crippen LogP contribution in [0.25, 0.3) is 128 Å². The minimum absolute atomic E-state index is 0.585. The van der Waals surface area contributed by atoms with Gasteiger partial charge in [-0.15, -0.1) is 0 Å². The molecular formula is C61H38N4O. The number of nitrogens with zero attached hydrogens (tertiary/aromatic N) is 4. The molecular weight excluding hydrogens is 805 g/mol. The highest BCUT2D eigenvalue weighted by Crippen LogP contribution is 2.43. The third-order valence-electron chi connectivity index (χ3n) is 12.8. The quantitative estimate of drug-likeness (QED) is 0.160. The number of hydrogen-bond acceptors (Lipinski definition) is 4. The Hall–Kier alpha value is -8.93. The fourth-order valence-corrected chi connectivity index (χ4v) is 9.67. The second-order valence-electron chi connectivity index (χ2n) is 16.8. The highest BCUT2D eigenvalue weighted by atomic mass is 16.3. The molecule has 13 rings (SSSR count). The fraction of sp³-hybridized carbons (Fsp3) is 0. The molecule has 0 bridgehead atoms. The van der Waals surface area contributed by atoms with Gasteiger partial charge in [-0.25, -0.2) is 15.0 Å². The minimum Gasteiger partial charge on any atom is -0.456 e. The van der Waals surface area contributed by atoms with Gasteiger partial charge in [0.05, 0.1) is 16.7 Å². The minimum atomic E-state index is 0.585. The van der Waals surface area contributed by atoms with Crippen molar-refractivity contribution in [1.82, 2.24) is 19.5 Å². The van der Waals surface area contributed by atoms with Crippen LogP contribution in [-0.2, 0) is 0 Å². The number of fused-ring (bicyclic) bond motifs is 7. The van der Waals surface area contributed by atoms with Crippen LogP contribution in [0.3, 0.4) is 0 Å². The van der Waals surface area contributed by atoms with Crippen LogP contribution >= 0.6 is 0 Å². The van der Waals surface area contributed by atoms with Gasteiger partial charge < -0.3 is 8.98 Å². The van der Waals surface area contributed by atoms with Crippen LogP contribution in [0, 0.1) is 0 Å². The first-order chi connectivity index (χ1) is 32.7. The van der Waals surface area contributed by atoms with E-state index in [4.69, 9.17) is 19.4 Å². The molecule has 0 saturated heterocycles. The van der Waals surface area contributed by atoms with Gasteiger partial charge in [-0.3, -0.25) is 0 Å². The van der Waals surface area contributed by atoms with E-state index in [0.29, 0.717) is 17.5 Å². The Labute approximate surface area is 380 Å². The zero-order valence-corrected chi connectivity index (χ0v) is 35.6. The van der Waals surface area contributed by atoms with Crippen molar-refractivity contribution in [2.75, 3.05) is 0 Å². The molecule has 3 aromatic heterocycles. The van der Waals surface area contributed by atoms with Crippen molar-refractivity contribution in [3.8, 4) is 73.2 Å². The Morgan fingerprint density at radius 1 is 0.303 bits per heavy atom. The second kappa shape index (κ2) is 15.4. The maximum atomic E-state index is 6.51. The van der Waals surface area contributed by atoms with Crippen molar-refractivity contribution in [2.45, 2.75) is 0 Å². The molecule has 0 unspecified atom stereocenters. The molecule has 0 saturated carbocycles. The van der Waals surface area contributed by atoms with E-state index >= 15 is 0 Å². The summed E-state index contributed by atoms with van der Waals surface area (Å²) in [5, 5.41) is 6.93. The van der Waals surface area contributed by atoms with Crippen molar-refractivity contribution in [3.05, 3.63) is 231 Å². The first-order valence-corrected chi connectivity index (χ1v) is 22.3. The highest BCUT2D eigenvalue weighted by molar-refractivity contribution is 6.16. The van der Waals surface area contributed by atoms with E-state index in [1.807, 2.05) is 36.4 Å². The van der Waals surface area contributed by atoms with Crippen LogP contribution in [0.4, 0.5) is 0 Å². The lowest BCUT2D eigenvalue weighted by molar-refractivity contribution is 0.669. The molecule has 308 valence electrons. The molecule has 0 fully saturated rings. The van der Waals surface area contributed by atoms with Gasteiger partial charge >= 0.3 is 0 Å². The van der Waals surface area contributed by atoms with Gasteiger partial charge in [0, 0.05) is 43.8 Å². The van der Waals surface area contributed by atoms with Crippen LogP contribution in [0.5, 0.6) is 0 Å². The summed E-state index contributed by atoms with van der Waals surface area (Å²) in [7, 11) is 0. The molecule has 66 heavy (non-hydrogen) atoms. The Bertz CT molecular complexity index is 3980. The van der Waals surface area contributed by atoms with E-state index in [0.717, 1.165) is 77.6 Å². The Morgan fingerprint density at radius 2 is 0.833 bits per heavy atom. The van der Waals surface area contributed by atoms with Gasteiger partial charge in [-0.1, -0.05) is 176 Å². The Morgan fingerprint density at radius 3 is 1.61 bits per heavy atom. The van der Waals surface area contributed by atoms with E-state index in [1.165, 1.54) is 32.7 Å². The zero-order valence-electron chi connectivity index (χ0n) is 35.6. The number of furan rings is 1.